The lowest BCUT2D eigenvalue weighted by molar-refractivity contribution is -0.132. The summed E-state index contributed by atoms with van der Waals surface area (Å²) in [6, 6.07) is 15.2. The number of carbonyl (C=O) groups is 2. The molecule has 1 aromatic heterocycles. The van der Waals surface area contributed by atoms with E-state index in [-0.39, 0.29) is 31.0 Å². The van der Waals surface area contributed by atoms with Gasteiger partial charge in [0.25, 0.3) is 0 Å². The molecule has 0 unspecified atom stereocenters. The molecule has 4 aromatic rings. The molecule has 3 aromatic carbocycles. The second-order valence-electron chi connectivity index (χ2n) is 9.03. The molecule has 0 spiro atoms. The molecule has 2 heterocycles. The summed E-state index contributed by atoms with van der Waals surface area (Å²) >= 11 is 0. The number of carboxylic acid groups (broad SMARTS) is 2. The number of fused-ring (bicyclic) bond motifs is 1. The van der Waals surface area contributed by atoms with Gasteiger partial charge in [0.15, 0.2) is 23.0 Å². The van der Waals surface area contributed by atoms with Crippen LogP contribution in [0.1, 0.15) is 27.0 Å². The highest BCUT2D eigenvalue weighted by Gasteiger charge is 2.21. The molecule has 41 heavy (non-hydrogen) atoms. The molecule has 0 fully saturated rings. The van der Waals surface area contributed by atoms with Crippen LogP contribution >= 0.6 is 0 Å². The van der Waals surface area contributed by atoms with Gasteiger partial charge in [0.2, 0.25) is 6.79 Å². The molecular formula is C31H26O10. The Bertz CT molecular complexity index is 1630. The van der Waals surface area contributed by atoms with Crippen molar-refractivity contribution in [2.24, 2.45) is 0 Å². The zero-order valence-corrected chi connectivity index (χ0v) is 22.2. The SMILES string of the molecule is COc1cc2c(cc1C/C(=C\c1cocc1-c1ccc(OC)c(OCc3ccccc3C(=O)O)c1)C(=O)O)OCO2. The first kappa shape index (κ1) is 27.2. The van der Waals surface area contributed by atoms with Crippen molar-refractivity contribution in [3.8, 4) is 39.9 Å². The number of aliphatic carboxylic acids is 1. The molecule has 0 aliphatic carbocycles. The first-order valence-corrected chi connectivity index (χ1v) is 12.5. The molecule has 0 saturated heterocycles. The van der Waals surface area contributed by atoms with E-state index in [1.54, 1.807) is 54.6 Å². The zero-order chi connectivity index (χ0) is 28.9. The van der Waals surface area contributed by atoms with Crippen LogP contribution in [0.2, 0.25) is 0 Å². The van der Waals surface area contributed by atoms with Gasteiger partial charge in [-0.3, -0.25) is 0 Å². The molecule has 0 bridgehead atoms. The number of methoxy groups -OCH3 is 2. The first-order chi connectivity index (χ1) is 19.9. The molecule has 210 valence electrons. The third-order valence-electron chi connectivity index (χ3n) is 6.56. The second-order valence-corrected chi connectivity index (χ2v) is 9.03. The Labute approximate surface area is 234 Å². The van der Waals surface area contributed by atoms with Crippen LogP contribution in [0.25, 0.3) is 17.2 Å². The van der Waals surface area contributed by atoms with E-state index in [1.165, 1.54) is 32.8 Å². The van der Waals surface area contributed by atoms with Gasteiger partial charge in [0.1, 0.15) is 12.4 Å². The normalized spacial score (nSPS) is 12.2. The maximum Gasteiger partial charge on any atom is 0.336 e. The van der Waals surface area contributed by atoms with E-state index in [2.05, 4.69) is 0 Å². The summed E-state index contributed by atoms with van der Waals surface area (Å²) in [5, 5.41) is 19.5. The molecule has 1 aliphatic rings. The number of carboxylic acids is 2. The largest absolute Gasteiger partial charge is 0.496 e. The van der Waals surface area contributed by atoms with Crippen molar-refractivity contribution in [2.45, 2.75) is 13.0 Å². The highest BCUT2D eigenvalue weighted by Crippen LogP contribution is 2.40. The monoisotopic (exact) mass is 558 g/mol. The summed E-state index contributed by atoms with van der Waals surface area (Å²) in [4.78, 5) is 23.9. The lowest BCUT2D eigenvalue weighted by Crippen LogP contribution is -2.06. The summed E-state index contributed by atoms with van der Waals surface area (Å²) in [5.41, 5.74) is 3.21. The van der Waals surface area contributed by atoms with E-state index in [9.17, 15) is 19.8 Å². The Morgan fingerprint density at radius 3 is 2.37 bits per heavy atom. The van der Waals surface area contributed by atoms with Crippen LogP contribution < -0.4 is 23.7 Å². The number of benzene rings is 3. The van der Waals surface area contributed by atoms with Gasteiger partial charge in [0, 0.05) is 40.3 Å². The van der Waals surface area contributed by atoms with Gasteiger partial charge in [-0.25, -0.2) is 9.59 Å². The first-order valence-electron chi connectivity index (χ1n) is 12.5. The van der Waals surface area contributed by atoms with E-state index in [0.29, 0.717) is 56.6 Å². The van der Waals surface area contributed by atoms with Crippen molar-refractivity contribution in [2.75, 3.05) is 21.0 Å². The minimum absolute atomic E-state index is 0.000954. The summed E-state index contributed by atoms with van der Waals surface area (Å²) in [6.45, 7) is 0.0859. The predicted octanol–water partition coefficient (Wildman–Crippen LogP) is 5.68. The summed E-state index contributed by atoms with van der Waals surface area (Å²) in [6.07, 6.45) is 4.57. The maximum absolute atomic E-state index is 12.3. The van der Waals surface area contributed by atoms with Crippen molar-refractivity contribution >= 4 is 18.0 Å². The number of rotatable bonds is 11. The fraction of sp³-hybridized carbons (Fsp3) is 0.161. The molecule has 5 rings (SSSR count). The molecule has 1 aliphatic heterocycles. The average molecular weight is 559 g/mol. The van der Waals surface area contributed by atoms with Crippen molar-refractivity contribution in [3.63, 3.8) is 0 Å². The fourth-order valence-electron chi connectivity index (χ4n) is 4.50. The van der Waals surface area contributed by atoms with Gasteiger partial charge < -0.3 is 38.3 Å². The highest BCUT2D eigenvalue weighted by atomic mass is 16.7. The van der Waals surface area contributed by atoms with E-state index < -0.39 is 11.9 Å². The van der Waals surface area contributed by atoms with Gasteiger partial charge in [-0.15, -0.1) is 0 Å². The van der Waals surface area contributed by atoms with E-state index in [1.807, 2.05) is 0 Å². The van der Waals surface area contributed by atoms with E-state index >= 15 is 0 Å². The summed E-state index contributed by atoms with van der Waals surface area (Å²) < 4.78 is 33.2. The third-order valence-corrected chi connectivity index (χ3v) is 6.56. The van der Waals surface area contributed by atoms with Crippen LogP contribution in [0.3, 0.4) is 0 Å². The van der Waals surface area contributed by atoms with Crippen molar-refractivity contribution in [1.82, 2.24) is 0 Å². The molecule has 2 N–H and O–H groups in total. The molecular weight excluding hydrogens is 532 g/mol. The van der Waals surface area contributed by atoms with Crippen LogP contribution in [0.15, 0.2) is 77.1 Å². The standard InChI is InChI=1S/C31H26O10/c1-36-25-8-7-18(11-27(25)39-15-19-5-3-4-6-23(19)31(34)35)24-16-38-14-22(24)10-21(30(32)33)9-20-12-28-29(41-17-40-28)13-26(20)37-2/h3-8,10-14,16H,9,15,17H2,1-2H3,(H,32,33)(H,34,35)/b21-10+. The van der Waals surface area contributed by atoms with Crippen molar-refractivity contribution in [1.29, 1.82) is 0 Å². The number of aromatic carboxylic acids is 1. The third kappa shape index (κ3) is 5.81. The Morgan fingerprint density at radius 2 is 1.63 bits per heavy atom. The maximum atomic E-state index is 12.3. The summed E-state index contributed by atoms with van der Waals surface area (Å²) in [5.74, 6) is 0.210. The van der Waals surface area contributed by atoms with Crippen LogP contribution in [-0.4, -0.2) is 43.2 Å². The topological polar surface area (TPSA) is 134 Å². The van der Waals surface area contributed by atoms with Crippen LogP contribution in [0.5, 0.6) is 28.7 Å². The fourth-order valence-corrected chi connectivity index (χ4v) is 4.50. The van der Waals surface area contributed by atoms with Gasteiger partial charge in [-0.2, -0.15) is 0 Å². The van der Waals surface area contributed by atoms with Gasteiger partial charge in [-0.05, 0) is 35.9 Å². The zero-order valence-electron chi connectivity index (χ0n) is 22.2. The van der Waals surface area contributed by atoms with Crippen LogP contribution in [0.4, 0.5) is 0 Å². The smallest absolute Gasteiger partial charge is 0.336 e. The Hall–Kier alpha value is -5.38. The Balaban J connectivity index is 1.45. The number of furan rings is 1. The number of ether oxygens (including phenoxy) is 5. The lowest BCUT2D eigenvalue weighted by Gasteiger charge is -2.14. The van der Waals surface area contributed by atoms with Crippen molar-refractivity contribution < 1.29 is 47.9 Å². The quantitative estimate of drug-likeness (QED) is 0.221. The van der Waals surface area contributed by atoms with E-state index in [0.717, 1.165) is 0 Å². The van der Waals surface area contributed by atoms with Crippen LogP contribution in [0, 0.1) is 0 Å². The number of hydrogen-bond donors (Lipinski definition) is 2. The number of hydrogen-bond acceptors (Lipinski definition) is 8. The highest BCUT2D eigenvalue weighted by molar-refractivity contribution is 5.94. The second kappa shape index (κ2) is 11.8. The molecule has 10 nitrogen and oxygen atoms in total. The average Bonchev–Trinajstić information content (AvgIpc) is 3.64. The van der Waals surface area contributed by atoms with Crippen molar-refractivity contribution in [3.05, 3.63) is 95.0 Å². The Kier molecular flexibility index (Phi) is 7.82. The minimum atomic E-state index is -1.10. The van der Waals surface area contributed by atoms with Gasteiger partial charge in [-0.1, -0.05) is 24.3 Å². The molecule has 0 radical (unpaired) electrons. The molecule has 10 heteroatoms. The predicted molar refractivity (Wildman–Crippen MR) is 147 cm³/mol. The van der Waals surface area contributed by atoms with Gasteiger partial charge >= 0.3 is 11.9 Å². The minimum Gasteiger partial charge on any atom is -0.496 e. The molecule has 0 amide bonds. The Morgan fingerprint density at radius 1 is 0.878 bits per heavy atom. The molecule has 0 saturated carbocycles. The molecule has 0 atom stereocenters. The van der Waals surface area contributed by atoms with E-state index in [4.69, 9.17) is 28.1 Å². The summed E-state index contributed by atoms with van der Waals surface area (Å²) in [7, 11) is 3.01. The lowest BCUT2D eigenvalue weighted by atomic mass is 9.98. The van der Waals surface area contributed by atoms with Crippen LogP contribution in [-0.2, 0) is 17.8 Å². The van der Waals surface area contributed by atoms with Gasteiger partial charge in [0.05, 0.1) is 32.3 Å².